The number of amides is 1. The minimum atomic E-state index is -0.315. The molecule has 0 aliphatic rings. The molecule has 3 aromatic rings. The number of carbonyl (C=O) groups is 1. The largest absolute Gasteiger partial charge is 0.359 e. The standard InChI is InChI=1S/C19H21FN4O2/c1-5-15-10-17(26-22-15)11-23(4)19(25)18-12(2)21-24(13(18)3)16-8-6-14(20)7-9-16/h6-10H,5,11H2,1-4H3. The van der Waals surface area contributed by atoms with E-state index < -0.39 is 0 Å². The summed E-state index contributed by atoms with van der Waals surface area (Å²) >= 11 is 0. The maximum Gasteiger partial charge on any atom is 0.257 e. The number of halogens is 1. The quantitative estimate of drug-likeness (QED) is 0.702. The second kappa shape index (κ2) is 7.11. The molecule has 0 fully saturated rings. The first kappa shape index (κ1) is 17.8. The van der Waals surface area contributed by atoms with Gasteiger partial charge in [0.15, 0.2) is 5.76 Å². The van der Waals surface area contributed by atoms with Crippen LogP contribution in [0.4, 0.5) is 4.39 Å². The third-order valence-corrected chi connectivity index (χ3v) is 4.29. The van der Waals surface area contributed by atoms with E-state index in [4.69, 9.17) is 4.52 Å². The molecule has 0 spiro atoms. The molecule has 136 valence electrons. The molecule has 3 rings (SSSR count). The van der Waals surface area contributed by atoms with E-state index in [1.807, 2.05) is 19.9 Å². The molecule has 0 N–H and O–H groups in total. The maximum atomic E-state index is 13.2. The van der Waals surface area contributed by atoms with Gasteiger partial charge in [-0.1, -0.05) is 12.1 Å². The zero-order valence-electron chi connectivity index (χ0n) is 15.3. The minimum Gasteiger partial charge on any atom is -0.359 e. The lowest BCUT2D eigenvalue weighted by atomic mass is 10.1. The van der Waals surface area contributed by atoms with Crippen LogP contribution in [0.2, 0.25) is 0 Å². The van der Waals surface area contributed by atoms with Gasteiger partial charge in [0.25, 0.3) is 5.91 Å². The van der Waals surface area contributed by atoms with E-state index >= 15 is 0 Å². The molecule has 0 radical (unpaired) electrons. The summed E-state index contributed by atoms with van der Waals surface area (Å²) in [4.78, 5) is 14.5. The van der Waals surface area contributed by atoms with E-state index in [2.05, 4.69) is 10.3 Å². The molecule has 0 aliphatic heterocycles. The molecule has 1 amide bonds. The summed E-state index contributed by atoms with van der Waals surface area (Å²) in [5, 5.41) is 8.39. The van der Waals surface area contributed by atoms with E-state index in [0.29, 0.717) is 34.9 Å². The lowest BCUT2D eigenvalue weighted by Crippen LogP contribution is -2.27. The molecule has 1 aromatic carbocycles. The summed E-state index contributed by atoms with van der Waals surface area (Å²) in [5.41, 5.74) is 3.43. The Hall–Kier alpha value is -2.96. The van der Waals surface area contributed by atoms with Crippen LogP contribution in [0.3, 0.4) is 0 Å². The summed E-state index contributed by atoms with van der Waals surface area (Å²) < 4.78 is 20.1. The van der Waals surface area contributed by atoms with Crippen molar-refractivity contribution < 1.29 is 13.7 Å². The Labute approximate surface area is 151 Å². The number of aryl methyl sites for hydroxylation is 2. The number of rotatable bonds is 5. The van der Waals surface area contributed by atoms with Gasteiger partial charge in [-0.25, -0.2) is 9.07 Å². The molecule has 26 heavy (non-hydrogen) atoms. The van der Waals surface area contributed by atoms with Gasteiger partial charge in [-0.05, 0) is 44.5 Å². The van der Waals surface area contributed by atoms with Crippen LogP contribution in [0, 0.1) is 19.7 Å². The van der Waals surface area contributed by atoms with Crippen molar-refractivity contribution >= 4 is 5.91 Å². The molecule has 6 nitrogen and oxygen atoms in total. The molecule has 0 atom stereocenters. The van der Waals surface area contributed by atoms with Gasteiger partial charge in [-0.15, -0.1) is 0 Å². The molecular formula is C19H21FN4O2. The van der Waals surface area contributed by atoms with E-state index in [1.165, 1.54) is 12.1 Å². The molecule has 2 aromatic heterocycles. The first-order valence-electron chi connectivity index (χ1n) is 8.42. The van der Waals surface area contributed by atoms with Crippen molar-refractivity contribution in [2.24, 2.45) is 0 Å². The number of benzene rings is 1. The number of nitrogens with zero attached hydrogens (tertiary/aromatic N) is 4. The maximum absolute atomic E-state index is 13.2. The van der Waals surface area contributed by atoms with Gasteiger partial charge in [-0.2, -0.15) is 5.10 Å². The minimum absolute atomic E-state index is 0.150. The van der Waals surface area contributed by atoms with E-state index in [9.17, 15) is 9.18 Å². The van der Waals surface area contributed by atoms with Gasteiger partial charge in [0.1, 0.15) is 5.82 Å². The van der Waals surface area contributed by atoms with Crippen molar-refractivity contribution in [3.05, 3.63) is 64.6 Å². The Kier molecular flexibility index (Phi) is 4.88. The average Bonchev–Trinajstić information content (AvgIpc) is 3.19. The summed E-state index contributed by atoms with van der Waals surface area (Å²) in [6.45, 7) is 5.94. The average molecular weight is 356 g/mol. The number of carbonyl (C=O) groups excluding carboxylic acids is 1. The van der Waals surface area contributed by atoms with Crippen LogP contribution in [0.1, 0.15) is 40.1 Å². The zero-order chi connectivity index (χ0) is 18.8. The highest BCUT2D eigenvalue weighted by molar-refractivity contribution is 5.96. The van der Waals surface area contributed by atoms with E-state index in [0.717, 1.165) is 12.1 Å². The third kappa shape index (κ3) is 3.37. The predicted molar refractivity (Wildman–Crippen MR) is 94.7 cm³/mol. The topological polar surface area (TPSA) is 64.2 Å². The Balaban J connectivity index is 1.86. The molecule has 0 unspecified atom stereocenters. The molecule has 2 heterocycles. The molecule has 7 heteroatoms. The van der Waals surface area contributed by atoms with Gasteiger partial charge in [0.05, 0.1) is 34.9 Å². The number of aromatic nitrogens is 3. The monoisotopic (exact) mass is 356 g/mol. The van der Waals surface area contributed by atoms with Crippen LogP contribution in [-0.2, 0) is 13.0 Å². The van der Waals surface area contributed by atoms with E-state index in [-0.39, 0.29) is 11.7 Å². The number of hydrogen-bond donors (Lipinski definition) is 0. The Morgan fingerprint density at radius 3 is 2.58 bits per heavy atom. The first-order valence-corrected chi connectivity index (χ1v) is 8.42. The van der Waals surface area contributed by atoms with Gasteiger partial charge in [0, 0.05) is 13.1 Å². The lowest BCUT2D eigenvalue weighted by molar-refractivity contribution is 0.0770. The van der Waals surface area contributed by atoms with Crippen LogP contribution < -0.4 is 0 Å². The van der Waals surface area contributed by atoms with Crippen LogP contribution in [0.15, 0.2) is 34.9 Å². The fourth-order valence-corrected chi connectivity index (χ4v) is 2.88. The highest BCUT2D eigenvalue weighted by atomic mass is 19.1. The van der Waals surface area contributed by atoms with Crippen LogP contribution in [-0.4, -0.2) is 32.8 Å². The number of hydrogen-bond acceptors (Lipinski definition) is 4. The van der Waals surface area contributed by atoms with Crippen molar-refractivity contribution in [3.63, 3.8) is 0 Å². The van der Waals surface area contributed by atoms with Crippen molar-refractivity contribution in [2.45, 2.75) is 33.7 Å². The SMILES string of the molecule is CCc1cc(CN(C)C(=O)c2c(C)nn(-c3ccc(F)cc3)c2C)on1. The predicted octanol–water partition coefficient (Wildman–Crippen LogP) is 3.45. The summed E-state index contributed by atoms with van der Waals surface area (Å²) in [5.74, 6) is 0.173. The molecule has 0 aliphatic carbocycles. The van der Waals surface area contributed by atoms with Gasteiger partial charge < -0.3 is 9.42 Å². The second-order valence-electron chi connectivity index (χ2n) is 6.23. The highest BCUT2D eigenvalue weighted by Gasteiger charge is 2.23. The normalized spacial score (nSPS) is 11.0. The van der Waals surface area contributed by atoms with E-state index in [1.54, 1.807) is 35.7 Å². The van der Waals surface area contributed by atoms with Gasteiger partial charge in [-0.3, -0.25) is 4.79 Å². The molecular weight excluding hydrogens is 335 g/mol. The van der Waals surface area contributed by atoms with Crippen molar-refractivity contribution in [3.8, 4) is 5.69 Å². The Morgan fingerprint density at radius 1 is 1.27 bits per heavy atom. The van der Waals surface area contributed by atoms with Crippen molar-refractivity contribution in [1.29, 1.82) is 0 Å². The fraction of sp³-hybridized carbons (Fsp3) is 0.316. The van der Waals surface area contributed by atoms with Crippen LogP contribution in [0.25, 0.3) is 5.69 Å². The smallest absolute Gasteiger partial charge is 0.257 e. The van der Waals surface area contributed by atoms with Gasteiger partial charge >= 0.3 is 0 Å². The second-order valence-corrected chi connectivity index (χ2v) is 6.23. The Bertz CT molecular complexity index is 928. The Morgan fingerprint density at radius 2 is 1.96 bits per heavy atom. The van der Waals surface area contributed by atoms with Crippen molar-refractivity contribution in [1.82, 2.24) is 19.8 Å². The summed E-state index contributed by atoms with van der Waals surface area (Å²) in [7, 11) is 1.71. The molecule has 0 saturated heterocycles. The first-order chi connectivity index (χ1) is 12.4. The molecule has 0 bridgehead atoms. The van der Waals surface area contributed by atoms with Crippen molar-refractivity contribution in [2.75, 3.05) is 7.05 Å². The van der Waals surface area contributed by atoms with Crippen LogP contribution in [0.5, 0.6) is 0 Å². The fourth-order valence-electron chi connectivity index (χ4n) is 2.88. The molecule has 0 saturated carbocycles. The van der Waals surface area contributed by atoms with Crippen LogP contribution >= 0.6 is 0 Å². The third-order valence-electron chi connectivity index (χ3n) is 4.29. The zero-order valence-corrected chi connectivity index (χ0v) is 15.3. The summed E-state index contributed by atoms with van der Waals surface area (Å²) in [6, 6.07) is 7.86. The summed E-state index contributed by atoms with van der Waals surface area (Å²) in [6.07, 6.45) is 0.782. The van der Waals surface area contributed by atoms with Gasteiger partial charge in [0.2, 0.25) is 0 Å². The highest BCUT2D eigenvalue weighted by Crippen LogP contribution is 2.20. The lowest BCUT2D eigenvalue weighted by Gasteiger charge is -2.15.